The summed E-state index contributed by atoms with van der Waals surface area (Å²) in [5, 5.41) is 2.59. The highest BCUT2D eigenvalue weighted by Gasteiger charge is 2.34. The Morgan fingerprint density at radius 1 is 1.05 bits per heavy atom. The Morgan fingerprint density at radius 2 is 1.68 bits per heavy atom. The minimum absolute atomic E-state index is 0.359. The van der Waals surface area contributed by atoms with Gasteiger partial charge in [-0.2, -0.15) is 0 Å². The van der Waals surface area contributed by atoms with E-state index in [-0.39, 0.29) is 0 Å². The first-order valence-corrected chi connectivity index (χ1v) is 6.92. The maximum absolute atomic E-state index is 11.9. The van der Waals surface area contributed by atoms with Crippen molar-refractivity contribution in [2.45, 2.75) is 59.9 Å². The van der Waals surface area contributed by atoms with Gasteiger partial charge >= 0.3 is 12.1 Å². The van der Waals surface area contributed by atoms with Gasteiger partial charge in [-0.15, -0.1) is 0 Å². The van der Waals surface area contributed by atoms with E-state index in [9.17, 15) is 9.59 Å². The predicted octanol–water partition coefficient (Wildman–Crippen LogP) is 2.88. The number of ether oxygens (including phenoxy) is 2. The summed E-state index contributed by atoms with van der Waals surface area (Å²) in [6, 6.07) is -0.701. The van der Waals surface area contributed by atoms with Gasteiger partial charge in [0, 0.05) is 0 Å². The van der Waals surface area contributed by atoms with Crippen molar-refractivity contribution in [3.8, 4) is 0 Å². The van der Waals surface area contributed by atoms with E-state index in [1.54, 1.807) is 0 Å². The molecule has 0 saturated carbocycles. The van der Waals surface area contributed by atoms with Gasteiger partial charge in [0.15, 0.2) is 0 Å². The lowest BCUT2D eigenvalue weighted by molar-refractivity contribution is -0.148. The summed E-state index contributed by atoms with van der Waals surface area (Å²) in [5.74, 6) is -0.415. The quantitative estimate of drug-likeness (QED) is 0.572. The van der Waals surface area contributed by atoms with E-state index < -0.39 is 23.5 Å². The molecule has 0 saturated heterocycles. The molecule has 19 heavy (non-hydrogen) atoms. The molecule has 0 bridgehead atoms. The second-order valence-electron chi connectivity index (χ2n) is 5.60. The van der Waals surface area contributed by atoms with E-state index in [2.05, 4.69) is 5.32 Å². The van der Waals surface area contributed by atoms with Crippen LogP contribution in [0.25, 0.3) is 0 Å². The van der Waals surface area contributed by atoms with Gasteiger partial charge in [0.25, 0.3) is 0 Å². The molecule has 1 atom stereocenters. The Morgan fingerprint density at radius 3 is 2.16 bits per heavy atom. The number of hydrogen-bond donors (Lipinski definition) is 1. The van der Waals surface area contributed by atoms with Crippen LogP contribution in [0.5, 0.6) is 0 Å². The van der Waals surface area contributed by atoms with Gasteiger partial charge in [-0.05, 0) is 18.3 Å². The number of nitrogens with one attached hydrogen (secondary N) is 1. The van der Waals surface area contributed by atoms with Crippen molar-refractivity contribution in [3.05, 3.63) is 0 Å². The summed E-state index contributed by atoms with van der Waals surface area (Å²) in [5.41, 5.74) is -0.422. The highest BCUT2D eigenvalue weighted by atomic mass is 16.6. The van der Waals surface area contributed by atoms with E-state index in [0.717, 1.165) is 19.3 Å². The average Bonchev–Trinajstić information content (AvgIpc) is 2.32. The molecule has 0 heterocycles. The third-order valence-electron chi connectivity index (χ3n) is 2.54. The highest BCUT2D eigenvalue weighted by molar-refractivity contribution is 5.82. The summed E-state index contributed by atoms with van der Waals surface area (Å²) in [4.78, 5) is 23.5. The molecule has 0 aliphatic rings. The minimum Gasteiger partial charge on any atom is -0.464 e. The number of rotatable bonds is 7. The Hall–Kier alpha value is -1.26. The molecule has 0 rings (SSSR count). The average molecular weight is 273 g/mol. The Balaban J connectivity index is 4.44. The third-order valence-corrected chi connectivity index (χ3v) is 2.54. The summed E-state index contributed by atoms with van der Waals surface area (Å²) < 4.78 is 10.1. The van der Waals surface area contributed by atoms with Crippen LogP contribution in [0.4, 0.5) is 4.79 Å². The standard InChI is InChI=1S/C14H27NO4/c1-6-8-10-19-13(17)15-11(14(3,4)5)12(16)18-9-7-2/h11H,6-10H2,1-5H3,(H,15,17). The lowest BCUT2D eigenvalue weighted by Crippen LogP contribution is -2.50. The maximum Gasteiger partial charge on any atom is 0.407 e. The van der Waals surface area contributed by atoms with Crippen molar-refractivity contribution >= 4 is 12.1 Å². The monoisotopic (exact) mass is 273 g/mol. The zero-order valence-electron chi connectivity index (χ0n) is 12.7. The van der Waals surface area contributed by atoms with Crippen molar-refractivity contribution < 1.29 is 19.1 Å². The zero-order chi connectivity index (χ0) is 14.9. The van der Waals surface area contributed by atoms with E-state index in [0.29, 0.717) is 13.2 Å². The molecule has 0 aliphatic carbocycles. The minimum atomic E-state index is -0.701. The fraction of sp³-hybridized carbons (Fsp3) is 0.857. The molecular weight excluding hydrogens is 246 g/mol. The molecule has 0 aromatic rings. The second kappa shape index (κ2) is 8.77. The molecule has 1 amide bonds. The van der Waals surface area contributed by atoms with Crippen molar-refractivity contribution in [1.29, 1.82) is 0 Å². The SMILES string of the molecule is CCCCOC(=O)NC(C(=O)OCCC)C(C)(C)C. The first-order valence-electron chi connectivity index (χ1n) is 6.92. The third kappa shape index (κ3) is 7.70. The normalized spacial score (nSPS) is 12.7. The van der Waals surface area contributed by atoms with E-state index in [4.69, 9.17) is 9.47 Å². The van der Waals surface area contributed by atoms with Crippen LogP contribution in [0, 0.1) is 5.41 Å². The van der Waals surface area contributed by atoms with Crippen molar-refractivity contribution in [3.63, 3.8) is 0 Å². The van der Waals surface area contributed by atoms with Gasteiger partial charge in [0.1, 0.15) is 6.04 Å². The van der Waals surface area contributed by atoms with Crippen LogP contribution >= 0.6 is 0 Å². The van der Waals surface area contributed by atoms with Crippen LogP contribution in [0.3, 0.4) is 0 Å². The number of esters is 1. The fourth-order valence-corrected chi connectivity index (χ4v) is 1.38. The molecule has 0 spiro atoms. The first-order chi connectivity index (χ1) is 8.82. The summed E-state index contributed by atoms with van der Waals surface area (Å²) in [6.07, 6.45) is 1.95. The van der Waals surface area contributed by atoms with Gasteiger partial charge < -0.3 is 14.8 Å². The number of carbonyl (C=O) groups is 2. The van der Waals surface area contributed by atoms with Gasteiger partial charge in [0.2, 0.25) is 0 Å². The molecule has 0 aliphatic heterocycles. The largest absolute Gasteiger partial charge is 0.464 e. The van der Waals surface area contributed by atoms with Crippen LogP contribution in [0.15, 0.2) is 0 Å². The maximum atomic E-state index is 11.9. The first kappa shape index (κ1) is 17.7. The van der Waals surface area contributed by atoms with Crippen molar-refractivity contribution in [2.75, 3.05) is 13.2 Å². The van der Waals surface area contributed by atoms with Crippen LogP contribution in [0.1, 0.15) is 53.9 Å². The molecule has 1 N–H and O–H groups in total. The topological polar surface area (TPSA) is 64.6 Å². The van der Waals surface area contributed by atoms with Crippen LogP contribution in [-0.4, -0.2) is 31.3 Å². The van der Waals surface area contributed by atoms with Gasteiger partial charge in [0.05, 0.1) is 13.2 Å². The number of alkyl carbamates (subject to hydrolysis) is 1. The van der Waals surface area contributed by atoms with Crippen LogP contribution < -0.4 is 5.32 Å². The van der Waals surface area contributed by atoms with E-state index >= 15 is 0 Å². The second-order valence-corrected chi connectivity index (χ2v) is 5.60. The molecule has 1 unspecified atom stereocenters. The van der Waals surface area contributed by atoms with Crippen molar-refractivity contribution in [2.24, 2.45) is 5.41 Å². The van der Waals surface area contributed by atoms with Gasteiger partial charge in [-0.1, -0.05) is 41.0 Å². The lowest BCUT2D eigenvalue weighted by Gasteiger charge is -2.29. The molecule has 0 radical (unpaired) electrons. The summed E-state index contributed by atoms with van der Waals surface area (Å²) in [7, 11) is 0. The van der Waals surface area contributed by atoms with Crippen LogP contribution in [-0.2, 0) is 14.3 Å². The number of unbranched alkanes of at least 4 members (excludes halogenated alkanes) is 1. The van der Waals surface area contributed by atoms with Crippen LogP contribution in [0.2, 0.25) is 0 Å². The molecule has 0 aromatic heterocycles. The Bertz CT molecular complexity index is 284. The van der Waals surface area contributed by atoms with Gasteiger partial charge in [-0.3, -0.25) is 0 Å². The lowest BCUT2D eigenvalue weighted by atomic mass is 9.87. The number of amides is 1. The molecule has 5 nitrogen and oxygen atoms in total. The highest BCUT2D eigenvalue weighted by Crippen LogP contribution is 2.20. The molecule has 0 fully saturated rings. The predicted molar refractivity (Wildman–Crippen MR) is 73.9 cm³/mol. The Kier molecular flexibility index (Phi) is 8.19. The molecule has 112 valence electrons. The fourth-order valence-electron chi connectivity index (χ4n) is 1.38. The molecule has 0 aromatic carbocycles. The van der Waals surface area contributed by atoms with Crippen molar-refractivity contribution in [1.82, 2.24) is 5.32 Å². The Labute approximate surface area is 116 Å². The molecular formula is C14H27NO4. The van der Waals surface area contributed by atoms with Gasteiger partial charge in [-0.25, -0.2) is 9.59 Å². The zero-order valence-corrected chi connectivity index (χ0v) is 12.7. The van der Waals surface area contributed by atoms with E-state index in [1.165, 1.54) is 0 Å². The molecule has 5 heteroatoms. The smallest absolute Gasteiger partial charge is 0.407 e. The summed E-state index contributed by atoms with van der Waals surface area (Å²) >= 11 is 0. The van der Waals surface area contributed by atoms with E-state index in [1.807, 2.05) is 34.6 Å². The number of carbonyl (C=O) groups excluding carboxylic acids is 2. The number of hydrogen-bond acceptors (Lipinski definition) is 4. The summed E-state index contributed by atoms with van der Waals surface area (Å²) in [6.45, 7) is 10.3.